The van der Waals surface area contributed by atoms with E-state index in [2.05, 4.69) is 0 Å². The summed E-state index contributed by atoms with van der Waals surface area (Å²) < 4.78 is 20.8. The average Bonchev–Trinajstić information content (AvgIpc) is 2.82. The summed E-state index contributed by atoms with van der Waals surface area (Å²) in [6, 6.07) is 4.78. The first kappa shape index (κ1) is 16.8. The molecule has 1 unspecified atom stereocenters. The normalized spacial score (nSPS) is 12.1. The Morgan fingerprint density at radius 3 is 2.70 bits per heavy atom. The number of carboxylic acids is 1. The van der Waals surface area contributed by atoms with E-state index in [-0.39, 0.29) is 6.61 Å². The van der Waals surface area contributed by atoms with Crippen LogP contribution in [0.1, 0.15) is 23.0 Å². The van der Waals surface area contributed by atoms with Gasteiger partial charge in [-0.15, -0.1) is 0 Å². The van der Waals surface area contributed by atoms with E-state index in [9.17, 15) is 9.59 Å². The van der Waals surface area contributed by atoms with E-state index in [0.29, 0.717) is 34.6 Å². The minimum atomic E-state index is -1.08. The van der Waals surface area contributed by atoms with Gasteiger partial charge < -0.3 is 23.7 Å². The third kappa shape index (κ3) is 3.81. The van der Waals surface area contributed by atoms with E-state index in [1.54, 1.807) is 25.1 Å². The molecule has 2 rings (SSSR count). The third-order valence-corrected chi connectivity index (χ3v) is 3.22. The number of carboxylic acid groups (broad SMARTS) is 1. The van der Waals surface area contributed by atoms with Crippen molar-refractivity contribution >= 4 is 22.9 Å². The minimum absolute atomic E-state index is 0.133. The molecule has 0 radical (unpaired) electrons. The Hall–Kier alpha value is -2.54. The fourth-order valence-electron chi connectivity index (χ4n) is 2.07. The summed E-state index contributed by atoms with van der Waals surface area (Å²) in [6.45, 7) is 3.51. The molecular formula is C16H18O7. The Morgan fingerprint density at radius 2 is 2.04 bits per heavy atom. The number of rotatable bonds is 7. The van der Waals surface area contributed by atoms with Crippen LogP contribution in [0.2, 0.25) is 0 Å². The zero-order valence-corrected chi connectivity index (χ0v) is 13.1. The van der Waals surface area contributed by atoms with Gasteiger partial charge in [0.1, 0.15) is 29.3 Å². The monoisotopic (exact) mass is 322 g/mol. The lowest BCUT2D eigenvalue weighted by Gasteiger charge is -2.10. The summed E-state index contributed by atoms with van der Waals surface area (Å²) in [6.07, 6.45) is -1.00. The number of esters is 1. The number of hydrogen-bond donors (Lipinski definition) is 1. The van der Waals surface area contributed by atoms with Crippen molar-refractivity contribution in [2.75, 3.05) is 20.3 Å². The first-order chi connectivity index (χ1) is 10.9. The van der Waals surface area contributed by atoms with E-state index in [1.807, 2.05) is 0 Å². The Labute approximate surface area is 132 Å². The summed E-state index contributed by atoms with van der Waals surface area (Å²) in [5, 5.41) is 9.41. The van der Waals surface area contributed by atoms with Crippen LogP contribution in [0.15, 0.2) is 22.6 Å². The molecule has 7 heteroatoms. The van der Waals surface area contributed by atoms with Crippen molar-refractivity contribution in [2.45, 2.75) is 20.0 Å². The summed E-state index contributed by atoms with van der Waals surface area (Å²) in [5.74, 6) is -0.848. The molecular weight excluding hydrogens is 304 g/mol. The maximum Gasteiger partial charge on any atom is 0.344 e. The molecule has 0 fully saturated rings. The molecule has 0 aliphatic heterocycles. The molecule has 1 atom stereocenters. The highest BCUT2D eigenvalue weighted by Crippen LogP contribution is 2.30. The zero-order chi connectivity index (χ0) is 17.0. The molecule has 0 spiro atoms. The molecule has 0 aliphatic carbocycles. The van der Waals surface area contributed by atoms with Crippen molar-refractivity contribution in [3.63, 3.8) is 0 Å². The lowest BCUT2D eigenvalue weighted by Crippen LogP contribution is -2.22. The van der Waals surface area contributed by atoms with Gasteiger partial charge in [-0.25, -0.2) is 9.59 Å². The third-order valence-electron chi connectivity index (χ3n) is 3.22. The molecule has 2 aromatic rings. The van der Waals surface area contributed by atoms with Gasteiger partial charge in [-0.1, -0.05) is 0 Å². The SMILES string of the molecule is COCCOC(=O)c1c(C)oc2ccc(OC(C)C(=O)O)cc12. The Balaban J connectivity index is 2.31. The minimum Gasteiger partial charge on any atom is -0.479 e. The van der Waals surface area contributed by atoms with Gasteiger partial charge in [-0.2, -0.15) is 0 Å². The topological polar surface area (TPSA) is 95.2 Å². The predicted molar refractivity (Wildman–Crippen MR) is 80.8 cm³/mol. The number of aliphatic carboxylic acids is 1. The number of carbonyl (C=O) groups is 2. The van der Waals surface area contributed by atoms with Crippen molar-refractivity contribution in [1.29, 1.82) is 0 Å². The second-order valence-electron chi connectivity index (χ2n) is 4.92. The van der Waals surface area contributed by atoms with E-state index < -0.39 is 18.0 Å². The van der Waals surface area contributed by atoms with E-state index in [1.165, 1.54) is 14.0 Å². The number of aryl methyl sites for hydroxylation is 1. The molecule has 1 aromatic carbocycles. The van der Waals surface area contributed by atoms with Gasteiger partial charge in [0.15, 0.2) is 6.10 Å². The van der Waals surface area contributed by atoms with Crippen LogP contribution in [0.25, 0.3) is 11.0 Å². The molecule has 23 heavy (non-hydrogen) atoms. The number of methoxy groups -OCH3 is 1. The van der Waals surface area contributed by atoms with Crippen LogP contribution in [0.4, 0.5) is 0 Å². The van der Waals surface area contributed by atoms with Gasteiger partial charge in [0.25, 0.3) is 0 Å². The molecule has 0 saturated heterocycles. The van der Waals surface area contributed by atoms with Crippen molar-refractivity contribution < 1.29 is 33.3 Å². The fourth-order valence-corrected chi connectivity index (χ4v) is 2.07. The molecule has 1 aromatic heterocycles. The fraction of sp³-hybridized carbons (Fsp3) is 0.375. The summed E-state index contributed by atoms with van der Waals surface area (Å²) in [5.41, 5.74) is 0.793. The van der Waals surface area contributed by atoms with Crippen LogP contribution < -0.4 is 4.74 Å². The smallest absolute Gasteiger partial charge is 0.344 e. The number of furan rings is 1. The second kappa shape index (κ2) is 7.15. The first-order valence-corrected chi connectivity index (χ1v) is 7.02. The summed E-state index contributed by atoms with van der Waals surface area (Å²) in [4.78, 5) is 23.0. The molecule has 0 saturated carbocycles. The van der Waals surface area contributed by atoms with Crippen LogP contribution in [0.3, 0.4) is 0 Å². The molecule has 7 nitrogen and oxygen atoms in total. The van der Waals surface area contributed by atoms with Gasteiger partial charge in [0, 0.05) is 12.5 Å². The number of carbonyl (C=O) groups excluding carboxylic acids is 1. The van der Waals surface area contributed by atoms with Gasteiger partial charge >= 0.3 is 11.9 Å². The van der Waals surface area contributed by atoms with Crippen molar-refractivity contribution in [2.24, 2.45) is 0 Å². The van der Waals surface area contributed by atoms with E-state index in [4.69, 9.17) is 23.7 Å². The summed E-state index contributed by atoms with van der Waals surface area (Å²) in [7, 11) is 1.51. The van der Waals surface area contributed by atoms with E-state index in [0.717, 1.165) is 0 Å². The highest BCUT2D eigenvalue weighted by Gasteiger charge is 2.21. The standard InChI is InChI=1S/C16H18O7/c1-9-14(16(19)21-7-6-20-3)12-8-11(4-5-13(12)23-9)22-10(2)15(17)18/h4-5,8,10H,6-7H2,1-3H3,(H,17,18). The van der Waals surface area contributed by atoms with Crippen molar-refractivity contribution in [1.82, 2.24) is 0 Å². The van der Waals surface area contributed by atoms with Gasteiger partial charge in [-0.3, -0.25) is 0 Å². The lowest BCUT2D eigenvalue weighted by molar-refractivity contribution is -0.144. The Kier molecular flexibility index (Phi) is 5.23. The molecule has 1 heterocycles. The van der Waals surface area contributed by atoms with Crippen LogP contribution in [0, 0.1) is 6.92 Å². The van der Waals surface area contributed by atoms with Gasteiger partial charge in [0.2, 0.25) is 0 Å². The largest absolute Gasteiger partial charge is 0.479 e. The van der Waals surface area contributed by atoms with Crippen LogP contribution in [-0.4, -0.2) is 43.5 Å². The van der Waals surface area contributed by atoms with Crippen LogP contribution >= 0.6 is 0 Å². The number of fused-ring (bicyclic) bond motifs is 1. The zero-order valence-electron chi connectivity index (χ0n) is 13.1. The quantitative estimate of drug-likeness (QED) is 0.617. The highest BCUT2D eigenvalue weighted by molar-refractivity contribution is 6.04. The Bertz CT molecular complexity index is 717. The molecule has 0 bridgehead atoms. The predicted octanol–water partition coefficient (Wildman–Crippen LogP) is 2.40. The maximum absolute atomic E-state index is 12.2. The number of hydrogen-bond acceptors (Lipinski definition) is 6. The molecule has 0 amide bonds. The molecule has 1 N–H and O–H groups in total. The highest BCUT2D eigenvalue weighted by atomic mass is 16.6. The van der Waals surface area contributed by atoms with Crippen molar-refractivity contribution in [3.05, 3.63) is 29.5 Å². The van der Waals surface area contributed by atoms with Gasteiger partial charge in [0.05, 0.1) is 6.61 Å². The summed E-state index contributed by atoms with van der Waals surface area (Å²) >= 11 is 0. The van der Waals surface area contributed by atoms with Gasteiger partial charge in [-0.05, 0) is 32.0 Å². The van der Waals surface area contributed by atoms with E-state index >= 15 is 0 Å². The number of benzene rings is 1. The molecule has 0 aliphatic rings. The second-order valence-corrected chi connectivity index (χ2v) is 4.92. The molecule has 124 valence electrons. The van der Waals surface area contributed by atoms with Crippen molar-refractivity contribution in [3.8, 4) is 5.75 Å². The Morgan fingerprint density at radius 1 is 1.30 bits per heavy atom. The lowest BCUT2D eigenvalue weighted by atomic mass is 10.1. The van der Waals surface area contributed by atoms with Crippen LogP contribution in [-0.2, 0) is 14.3 Å². The van der Waals surface area contributed by atoms with Crippen LogP contribution in [0.5, 0.6) is 5.75 Å². The number of ether oxygens (including phenoxy) is 3. The first-order valence-electron chi connectivity index (χ1n) is 7.02. The average molecular weight is 322 g/mol. The maximum atomic E-state index is 12.2.